The van der Waals surface area contributed by atoms with Crippen LogP contribution in [-0.4, -0.2) is 32.7 Å². The van der Waals surface area contributed by atoms with Crippen LogP contribution in [0.3, 0.4) is 0 Å². The van der Waals surface area contributed by atoms with Crippen molar-refractivity contribution in [3.63, 3.8) is 0 Å². The predicted molar refractivity (Wildman–Crippen MR) is 120 cm³/mol. The van der Waals surface area contributed by atoms with E-state index in [9.17, 15) is 26.4 Å². The summed E-state index contributed by atoms with van der Waals surface area (Å²) in [6, 6.07) is 7.78. The van der Waals surface area contributed by atoms with Crippen LogP contribution < -0.4 is 14.4 Å². The van der Waals surface area contributed by atoms with Crippen molar-refractivity contribution in [1.29, 1.82) is 0 Å². The van der Waals surface area contributed by atoms with Gasteiger partial charge in [0.2, 0.25) is 15.9 Å². The number of carbonyl (C=O) groups is 1. The van der Waals surface area contributed by atoms with E-state index in [2.05, 4.69) is 5.32 Å². The van der Waals surface area contributed by atoms with E-state index < -0.39 is 50.9 Å². The first-order chi connectivity index (χ1) is 15.1. The number of fused-ring (bicyclic) bond motifs is 1. The van der Waals surface area contributed by atoms with Crippen LogP contribution in [0, 0.1) is 6.92 Å². The molecule has 0 aliphatic carbocycles. The molecule has 1 unspecified atom stereocenters. The van der Waals surface area contributed by atoms with Crippen LogP contribution in [0.2, 0.25) is 5.02 Å². The molecule has 11 heteroatoms. The SMILES string of the molecule is Cc1ccc2c(c1)OC(C)(C)CC2NC(=O)CN(c1ccc(Cl)c(C(F)(F)F)c1)S(C)(=O)=O. The number of carbonyl (C=O) groups excluding carboxylic acids is 1. The van der Waals surface area contributed by atoms with E-state index in [-0.39, 0.29) is 5.69 Å². The minimum atomic E-state index is -4.78. The van der Waals surface area contributed by atoms with Gasteiger partial charge in [0, 0.05) is 12.0 Å². The molecule has 1 amide bonds. The van der Waals surface area contributed by atoms with Crippen LogP contribution >= 0.6 is 11.6 Å². The number of hydrogen-bond donors (Lipinski definition) is 1. The van der Waals surface area contributed by atoms with Gasteiger partial charge in [-0.3, -0.25) is 9.10 Å². The highest BCUT2D eigenvalue weighted by molar-refractivity contribution is 7.92. The lowest BCUT2D eigenvalue weighted by Gasteiger charge is -2.38. The maximum atomic E-state index is 13.3. The summed E-state index contributed by atoms with van der Waals surface area (Å²) >= 11 is 5.64. The fourth-order valence-electron chi connectivity index (χ4n) is 3.74. The highest BCUT2D eigenvalue weighted by Crippen LogP contribution is 2.40. The molecule has 180 valence electrons. The molecule has 1 N–H and O–H groups in total. The number of anilines is 1. The largest absolute Gasteiger partial charge is 0.487 e. The Balaban J connectivity index is 1.89. The Bertz CT molecular complexity index is 1180. The zero-order valence-electron chi connectivity index (χ0n) is 18.5. The van der Waals surface area contributed by atoms with Crippen LogP contribution in [0.4, 0.5) is 18.9 Å². The zero-order chi connectivity index (χ0) is 24.8. The molecule has 0 radical (unpaired) electrons. The maximum Gasteiger partial charge on any atom is 0.417 e. The van der Waals surface area contributed by atoms with E-state index in [1.807, 2.05) is 39.0 Å². The summed E-state index contributed by atoms with van der Waals surface area (Å²) in [7, 11) is -4.08. The first-order valence-electron chi connectivity index (χ1n) is 10.0. The van der Waals surface area contributed by atoms with Crippen LogP contribution in [0.15, 0.2) is 36.4 Å². The Hall–Kier alpha value is -2.46. The molecule has 0 saturated heterocycles. The van der Waals surface area contributed by atoms with Crippen molar-refractivity contribution in [2.45, 2.75) is 45.0 Å². The summed E-state index contributed by atoms with van der Waals surface area (Å²) in [5, 5.41) is 2.24. The Morgan fingerprint density at radius 1 is 1.24 bits per heavy atom. The van der Waals surface area contributed by atoms with Gasteiger partial charge in [0.25, 0.3) is 0 Å². The first-order valence-corrected chi connectivity index (χ1v) is 12.2. The van der Waals surface area contributed by atoms with E-state index in [0.717, 1.165) is 29.5 Å². The number of ether oxygens (including phenoxy) is 1. The molecule has 0 spiro atoms. The number of hydrogen-bond acceptors (Lipinski definition) is 4. The van der Waals surface area contributed by atoms with E-state index in [1.165, 1.54) is 0 Å². The molecule has 0 bridgehead atoms. The summed E-state index contributed by atoms with van der Waals surface area (Å²) < 4.78 is 71.1. The standard InChI is InChI=1S/C22H24ClF3N2O4S/c1-13-5-7-15-18(11-21(2,3)32-19(15)9-13)27-20(29)12-28(33(4,30)31)14-6-8-17(23)16(10-14)22(24,25)26/h5-10,18H,11-12H2,1-4H3,(H,27,29). The van der Waals surface area contributed by atoms with Gasteiger partial charge in [0.1, 0.15) is 17.9 Å². The second kappa shape index (κ2) is 8.72. The summed E-state index contributed by atoms with van der Waals surface area (Å²) in [5.41, 5.74) is -0.375. The lowest BCUT2D eigenvalue weighted by atomic mass is 9.89. The highest BCUT2D eigenvalue weighted by atomic mass is 35.5. The quantitative estimate of drug-likeness (QED) is 0.631. The molecule has 0 fully saturated rings. The van der Waals surface area contributed by atoms with E-state index in [0.29, 0.717) is 22.5 Å². The number of halogens is 4. The van der Waals surface area contributed by atoms with E-state index in [1.54, 1.807) is 0 Å². The van der Waals surface area contributed by atoms with Crippen molar-refractivity contribution in [2.24, 2.45) is 0 Å². The molecule has 1 aliphatic rings. The number of nitrogens with zero attached hydrogens (tertiary/aromatic N) is 1. The third kappa shape index (κ3) is 5.92. The van der Waals surface area contributed by atoms with Gasteiger partial charge in [-0.15, -0.1) is 0 Å². The van der Waals surface area contributed by atoms with Crippen molar-refractivity contribution in [3.05, 3.63) is 58.1 Å². The van der Waals surface area contributed by atoms with Crippen LogP contribution in [0.25, 0.3) is 0 Å². The van der Waals surface area contributed by atoms with Gasteiger partial charge in [-0.05, 0) is 50.6 Å². The molecule has 0 saturated carbocycles. The molecule has 1 aliphatic heterocycles. The first kappa shape index (κ1) is 25.2. The van der Waals surface area contributed by atoms with Gasteiger partial charge in [0.15, 0.2) is 0 Å². The molecule has 2 aromatic rings. The van der Waals surface area contributed by atoms with Crippen LogP contribution in [0.5, 0.6) is 5.75 Å². The summed E-state index contributed by atoms with van der Waals surface area (Å²) in [4.78, 5) is 12.9. The number of rotatable bonds is 5. The van der Waals surface area contributed by atoms with Crippen molar-refractivity contribution >= 4 is 33.2 Å². The van der Waals surface area contributed by atoms with Crippen molar-refractivity contribution in [2.75, 3.05) is 17.1 Å². The fraction of sp³-hybridized carbons (Fsp3) is 0.409. The van der Waals surface area contributed by atoms with Crippen LogP contribution in [-0.2, 0) is 21.0 Å². The predicted octanol–water partition coefficient (Wildman–Crippen LogP) is 4.85. The third-order valence-electron chi connectivity index (χ3n) is 5.19. The third-order valence-corrected chi connectivity index (χ3v) is 6.66. The fourth-order valence-corrected chi connectivity index (χ4v) is 4.82. The molecule has 33 heavy (non-hydrogen) atoms. The number of benzene rings is 2. The minimum absolute atomic E-state index is 0.312. The second-order valence-corrected chi connectivity index (χ2v) is 11.0. The average molecular weight is 505 g/mol. The van der Waals surface area contributed by atoms with Gasteiger partial charge < -0.3 is 10.1 Å². The summed E-state index contributed by atoms with van der Waals surface area (Å²) in [5.74, 6) is -0.0535. The van der Waals surface area contributed by atoms with E-state index >= 15 is 0 Å². The lowest BCUT2D eigenvalue weighted by molar-refractivity contribution is -0.137. The summed E-state index contributed by atoms with van der Waals surface area (Å²) in [6.07, 6.45) is -3.54. The van der Waals surface area contributed by atoms with Crippen molar-refractivity contribution in [1.82, 2.24) is 5.32 Å². The minimum Gasteiger partial charge on any atom is -0.487 e. The molecule has 1 heterocycles. The van der Waals surface area contributed by atoms with Gasteiger partial charge in [-0.2, -0.15) is 13.2 Å². The summed E-state index contributed by atoms with van der Waals surface area (Å²) in [6.45, 7) is 4.94. The second-order valence-electron chi connectivity index (χ2n) is 8.66. The van der Waals surface area contributed by atoms with Gasteiger partial charge in [-0.1, -0.05) is 23.7 Å². The van der Waals surface area contributed by atoms with Crippen molar-refractivity contribution < 1.29 is 31.1 Å². The normalized spacial score (nSPS) is 17.6. The van der Waals surface area contributed by atoms with Gasteiger partial charge in [0.05, 0.1) is 28.6 Å². The Kier molecular flexibility index (Phi) is 6.65. The van der Waals surface area contributed by atoms with Crippen LogP contribution in [0.1, 0.15) is 43.0 Å². The zero-order valence-corrected chi connectivity index (χ0v) is 20.0. The maximum absolute atomic E-state index is 13.3. The molecule has 6 nitrogen and oxygen atoms in total. The Morgan fingerprint density at radius 2 is 1.91 bits per heavy atom. The lowest BCUT2D eigenvalue weighted by Crippen LogP contribution is -2.45. The number of alkyl halides is 3. The van der Waals surface area contributed by atoms with Crippen molar-refractivity contribution in [3.8, 4) is 5.75 Å². The Morgan fingerprint density at radius 3 is 2.52 bits per heavy atom. The molecule has 3 rings (SSSR count). The molecular weight excluding hydrogens is 481 g/mol. The topological polar surface area (TPSA) is 75.7 Å². The number of nitrogens with one attached hydrogen (secondary N) is 1. The smallest absolute Gasteiger partial charge is 0.417 e. The monoisotopic (exact) mass is 504 g/mol. The average Bonchev–Trinajstić information content (AvgIpc) is 2.63. The molecule has 2 aromatic carbocycles. The van der Waals surface area contributed by atoms with Gasteiger partial charge in [-0.25, -0.2) is 8.42 Å². The molecule has 1 atom stereocenters. The van der Waals surface area contributed by atoms with Gasteiger partial charge >= 0.3 is 6.18 Å². The molecule has 0 aromatic heterocycles. The highest BCUT2D eigenvalue weighted by Gasteiger charge is 2.36. The van der Waals surface area contributed by atoms with E-state index in [4.69, 9.17) is 16.3 Å². The number of amides is 1. The number of sulfonamides is 1. The molecular formula is C22H24ClF3N2O4S. The number of aryl methyl sites for hydroxylation is 1. The Labute approximate surface area is 195 Å².